The van der Waals surface area contributed by atoms with Gasteiger partial charge in [0.15, 0.2) is 0 Å². The Kier molecular flexibility index (Phi) is 4.38. The fourth-order valence-electron chi connectivity index (χ4n) is 2.61. The smallest absolute Gasteiger partial charge is 0.0418 e. The Bertz CT molecular complexity index is 565. The minimum atomic E-state index is 0.876. The van der Waals surface area contributed by atoms with E-state index in [0.717, 1.165) is 18.8 Å². The highest BCUT2D eigenvalue weighted by Gasteiger charge is 2.07. The van der Waals surface area contributed by atoms with Crippen molar-refractivity contribution in [3.63, 3.8) is 0 Å². The molecule has 2 rings (SSSR count). The molecule has 3 nitrogen and oxygen atoms in total. The number of hydrogen-bond acceptors (Lipinski definition) is 2. The van der Waals surface area contributed by atoms with Gasteiger partial charge in [-0.1, -0.05) is 0 Å². The molecule has 3 heteroatoms. The van der Waals surface area contributed by atoms with Crippen molar-refractivity contribution in [1.29, 1.82) is 0 Å². The third-order valence-corrected chi connectivity index (χ3v) is 3.86. The maximum Gasteiger partial charge on any atom is 0.0418 e. The SMILES string of the molecule is CCn1c(C)cc(CNc2ccc(N(C)C)cc2)c1C. The second kappa shape index (κ2) is 6.04. The Morgan fingerprint density at radius 2 is 1.75 bits per heavy atom. The Morgan fingerprint density at radius 1 is 1.10 bits per heavy atom. The molecule has 0 aliphatic rings. The highest BCUT2D eigenvalue weighted by Crippen LogP contribution is 2.19. The lowest BCUT2D eigenvalue weighted by Crippen LogP contribution is -2.08. The van der Waals surface area contributed by atoms with Crippen molar-refractivity contribution in [2.24, 2.45) is 0 Å². The zero-order valence-corrected chi connectivity index (χ0v) is 13.2. The Morgan fingerprint density at radius 3 is 2.25 bits per heavy atom. The number of nitrogens with one attached hydrogen (secondary N) is 1. The van der Waals surface area contributed by atoms with E-state index in [1.54, 1.807) is 0 Å². The third-order valence-electron chi connectivity index (χ3n) is 3.86. The predicted molar refractivity (Wildman–Crippen MR) is 87.7 cm³/mol. The van der Waals surface area contributed by atoms with Crippen LogP contribution in [0.5, 0.6) is 0 Å². The van der Waals surface area contributed by atoms with E-state index < -0.39 is 0 Å². The quantitative estimate of drug-likeness (QED) is 0.892. The molecule has 2 aromatic rings. The molecule has 0 radical (unpaired) electrons. The molecular weight excluding hydrogens is 246 g/mol. The first-order valence-corrected chi connectivity index (χ1v) is 7.19. The Balaban J connectivity index is 2.05. The van der Waals surface area contributed by atoms with Crippen LogP contribution in [0, 0.1) is 13.8 Å². The van der Waals surface area contributed by atoms with Crippen LogP contribution in [0.3, 0.4) is 0 Å². The van der Waals surface area contributed by atoms with Gasteiger partial charge in [0.25, 0.3) is 0 Å². The van der Waals surface area contributed by atoms with Crippen LogP contribution in [-0.2, 0) is 13.1 Å². The van der Waals surface area contributed by atoms with Gasteiger partial charge in [0, 0.05) is 49.9 Å². The van der Waals surface area contributed by atoms with Crippen molar-refractivity contribution in [2.75, 3.05) is 24.3 Å². The molecule has 0 fully saturated rings. The number of aromatic nitrogens is 1. The summed E-state index contributed by atoms with van der Waals surface area (Å²) in [5, 5.41) is 3.50. The van der Waals surface area contributed by atoms with Crippen LogP contribution in [-0.4, -0.2) is 18.7 Å². The van der Waals surface area contributed by atoms with Crippen LogP contribution in [0.1, 0.15) is 23.9 Å². The molecule has 1 aromatic carbocycles. The van der Waals surface area contributed by atoms with Crippen molar-refractivity contribution >= 4 is 11.4 Å². The fourth-order valence-corrected chi connectivity index (χ4v) is 2.61. The average molecular weight is 271 g/mol. The van der Waals surface area contributed by atoms with Crippen LogP contribution in [0.2, 0.25) is 0 Å². The largest absolute Gasteiger partial charge is 0.381 e. The molecule has 1 N–H and O–H groups in total. The highest BCUT2D eigenvalue weighted by molar-refractivity contribution is 5.54. The van der Waals surface area contributed by atoms with Crippen LogP contribution < -0.4 is 10.2 Å². The normalized spacial score (nSPS) is 10.7. The first-order valence-electron chi connectivity index (χ1n) is 7.19. The predicted octanol–water partition coefficient (Wildman–Crippen LogP) is 3.80. The van der Waals surface area contributed by atoms with E-state index in [9.17, 15) is 0 Å². The van der Waals surface area contributed by atoms with E-state index in [1.165, 1.54) is 22.6 Å². The molecule has 0 bridgehead atoms. The molecule has 0 aliphatic heterocycles. The van der Waals surface area contributed by atoms with Gasteiger partial charge in [-0.05, 0) is 56.7 Å². The fraction of sp³-hybridized carbons (Fsp3) is 0.412. The highest BCUT2D eigenvalue weighted by atomic mass is 15.1. The van der Waals surface area contributed by atoms with Gasteiger partial charge in [-0.3, -0.25) is 0 Å². The van der Waals surface area contributed by atoms with E-state index in [-0.39, 0.29) is 0 Å². The molecule has 0 amide bonds. The molecule has 1 aromatic heterocycles. The first-order chi connectivity index (χ1) is 9.52. The summed E-state index contributed by atoms with van der Waals surface area (Å²) in [6.07, 6.45) is 0. The van der Waals surface area contributed by atoms with Crippen molar-refractivity contribution in [1.82, 2.24) is 4.57 Å². The van der Waals surface area contributed by atoms with Crippen LogP contribution in [0.25, 0.3) is 0 Å². The maximum absolute atomic E-state index is 3.50. The molecule has 0 unspecified atom stereocenters. The number of rotatable bonds is 5. The van der Waals surface area contributed by atoms with Crippen LogP contribution in [0.4, 0.5) is 11.4 Å². The van der Waals surface area contributed by atoms with Gasteiger partial charge in [0.2, 0.25) is 0 Å². The van der Waals surface area contributed by atoms with Crippen molar-refractivity contribution in [3.05, 3.63) is 47.3 Å². The first kappa shape index (κ1) is 14.5. The molecule has 1 heterocycles. The van der Waals surface area contributed by atoms with Crippen LogP contribution >= 0.6 is 0 Å². The minimum Gasteiger partial charge on any atom is -0.381 e. The number of benzene rings is 1. The van der Waals surface area contributed by atoms with Crippen molar-refractivity contribution in [2.45, 2.75) is 33.9 Å². The summed E-state index contributed by atoms with van der Waals surface area (Å²) >= 11 is 0. The summed E-state index contributed by atoms with van der Waals surface area (Å²) in [4.78, 5) is 2.11. The van der Waals surface area contributed by atoms with E-state index in [4.69, 9.17) is 0 Å². The van der Waals surface area contributed by atoms with Gasteiger partial charge in [-0.15, -0.1) is 0 Å². The summed E-state index contributed by atoms with van der Waals surface area (Å²) in [7, 11) is 4.12. The van der Waals surface area contributed by atoms with Gasteiger partial charge in [-0.25, -0.2) is 0 Å². The van der Waals surface area contributed by atoms with Gasteiger partial charge >= 0.3 is 0 Å². The zero-order valence-electron chi connectivity index (χ0n) is 13.2. The average Bonchev–Trinajstić information content (AvgIpc) is 2.71. The second-order valence-electron chi connectivity index (χ2n) is 5.44. The second-order valence-corrected chi connectivity index (χ2v) is 5.44. The van der Waals surface area contributed by atoms with E-state index in [2.05, 4.69) is 80.0 Å². The molecule has 0 spiro atoms. The van der Waals surface area contributed by atoms with Gasteiger partial charge in [0.05, 0.1) is 0 Å². The topological polar surface area (TPSA) is 20.2 Å². The number of nitrogens with zero attached hydrogens (tertiary/aromatic N) is 2. The molecule has 0 saturated heterocycles. The Hall–Kier alpha value is -1.90. The summed E-state index contributed by atoms with van der Waals surface area (Å²) < 4.78 is 2.35. The molecule has 0 atom stereocenters. The van der Waals surface area contributed by atoms with Crippen LogP contribution in [0.15, 0.2) is 30.3 Å². The standard InChI is InChI=1S/C17H25N3/c1-6-20-13(2)11-15(14(20)3)12-18-16-7-9-17(10-8-16)19(4)5/h7-11,18H,6,12H2,1-5H3. The third kappa shape index (κ3) is 2.98. The monoisotopic (exact) mass is 271 g/mol. The van der Waals surface area contributed by atoms with Gasteiger partial charge < -0.3 is 14.8 Å². The number of anilines is 2. The van der Waals surface area contributed by atoms with Gasteiger partial charge in [0.1, 0.15) is 0 Å². The summed E-state index contributed by atoms with van der Waals surface area (Å²) in [6, 6.07) is 10.8. The van der Waals surface area contributed by atoms with Gasteiger partial charge in [-0.2, -0.15) is 0 Å². The molecule has 0 aliphatic carbocycles. The number of aryl methyl sites for hydroxylation is 1. The lowest BCUT2D eigenvalue weighted by molar-refractivity contribution is 0.715. The molecule has 0 saturated carbocycles. The zero-order chi connectivity index (χ0) is 14.7. The molecular formula is C17H25N3. The summed E-state index contributed by atoms with van der Waals surface area (Å²) in [6.45, 7) is 8.47. The lowest BCUT2D eigenvalue weighted by Gasteiger charge is -2.13. The molecule has 20 heavy (non-hydrogen) atoms. The summed E-state index contributed by atoms with van der Waals surface area (Å²) in [5.74, 6) is 0. The van der Waals surface area contributed by atoms with Crippen molar-refractivity contribution in [3.8, 4) is 0 Å². The minimum absolute atomic E-state index is 0.876. The number of hydrogen-bond donors (Lipinski definition) is 1. The van der Waals surface area contributed by atoms with E-state index in [0.29, 0.717) is 0 Å². The lowest BCUT2D eigenvalue weighted by atomic mass is 10.2. The molecule has 108 valence electrons. The van der Waals surface area contributed by atoms with Crippen molar-refractivity contribution < 1.29 is 0 Å². The summed E-state index contributed by atoms with van der Waals surface area (Å²) in [5.41, 5.74) is 6.46. The maximum atomic E-state index is 3.50. The Labute approximate surface area is 122 Å². The van der Waals surface area contributed by atoms with E-state index >= 15 is 0 Å². The van der Waals surface area contributed by atoms with E-state index in [1.807, 2.05) is 0 Å².